The third-order valence-electron chi connectivity index (χ3n) is 4.20. The lowest BCUT2D eigenvalue weighted by atomic mass is 9.87. The molecule has 0 radical (unpaired) electrons. The third kappa shape index (κ3) is 5.73. The van der Waals surface area contributed by atoms with Crippen molar-refractivity contribution in [3.63, 3.8) is 0 Å². The highest BCUT2D eigenvalue weighted by Crippen LogP contribution is 2.21. The van der Waals surface area contributed by atoms with Gasteiger partial charge in [-0.1, -0.05) is 69.2 Å². The van der Waals surface area contributed by atoms with Gasteiger partial charge in [0.2, 0.25) is 6.10 Å². The maximum absolute atomic E-state index is 12.2. The van der Waals surface area contributed by atoms with Crippen LogP contribution < -0.4 is 5.32 Å². The van der Waals surface area contributed by atoms with E-state index in [4.69, 9.17) is 4.84 Å². The zero-order chi connectivity index (χ0) is 19.2. The smallest absolute Gasteiger partial charge is 0.267 e. The monoisotopic (exact) mass is 352 g/mol. The minimum atomic E-state index is -0.675. The molecule has 0 fully saturated rings. The lowest BCUT2D eigenvalue weighted by Crippen LogP contribution is -2.26. The van der Waals surface area contributed by atoms with Crippen LogP contribution in [0.4, 0.5) is 5.69 Å². The van der Waals surface area contributed by atoms with Gasteiger partial charge in [0.25, 0.3) is 5.91 Å². The molecule has 2 aromatic carbocycles. The number of benzene rings is 2. The Kier molecular flexibility index (Phi) is 6.56. The molecule has 4 nitrogen and oxygen atoms in total. The molecular weight excluding hydrogens is 324 g/mol. The first-order valence-corrected chi connectivity index (χ1v) is 8.99. The zero-order valence-corrected chi connectivity index (χ0v) is 16.2. The molecule has 138 valence electrons. The quantitative estimate of drug-likeness (QED) is 0.592. The lowest BCUT2D eigenvalue weighted by Gasteiger charge is -2.18. The van der Waals surface area contributed by atoms with Crippen LogP contribution >= 0.6 is 0 Å². The van der Waals surface area contributed by atoms with Crippen LogP contribution in [0.5, 0.6) is 0 Å². The summed E-state index contributed by atoms with van der Waals surface area (Å²) in [4.78, 5) is 17.4. The normalized spacial score (nSPS) is 12.8. The van der Waals surface area contributed by atoms with Crippen LogP contribution in [0, 0.1) is 0 Å². The topological polar surface area (TPSA) is 50.7 Å². The predicted octanol–water partition coefficient (Wildman–Crippen LogP) is 4.92. The van der Waals surface area contributed by atoms with Crippen LogP contribution in [-0.2, 0) is 21.5 Å². The summed E-state index contributed by atoms with van der Waals surface area (Å²) in [6.45, 7) is 10.3. The van der Waals surface area contributed by atoms with E-state index in [2.05, 4.69) is 50.3 Å². The average molecular weight is 352 g/mol. The Morgan fingerprint density at radius 2 is 1.73 bits per heavy atom. The standard InChI is InChI=1S/C22H28N2O2/c1-6-17-9-13-20(14-10-17)24-21(25)16(2)26-23-15-18-7-11-19(12-8-18)22(3,4)5/h7-16H,6H2,1-5H3,(H,24,25)/b23-15-/t16-/m0/s1. The molecule has 0 aliphatic rings. The van der Waals surface area contributed by atoms with E-state index in [1.807, 2.05) is 36.4 Å². The van der Waals surface area contributed by atoms with Crippen molar-refractivity contribution in [2.45, 2.75) is 52.6 Å². The maximum Gasteiger partial charge on any atom is 0.267 e. The Bertz CT molecular complexity index is 741. The second-order valence-corrected chi connectivity index (χ2v) is 7.39. The number of hydrogen-bond donors (Lipinski definition) is 1. The summed E-state index contributed by atoms with van der Waals surface area (Å²) in [5, 5.41) is 6.77. The van der Waals surface area contributed by atoms with Gasteiger partial charge in [0.15, 0.2) is 0 Å². The molecule has 1 N–H and O–H groups in total. The van der Waals surface area contributed by atoms with Gasteiger partial charge in [-0.2, -0.15) is 0 Å². The van der Waals surface area contributed by atoms with Crippen LogP contribution in [0.25, 0.3) is 0 Å². The van der Waals surface area contributed by atoms with Crippen LogP contribution in [-0.4, -0.2) is 18.2 Å². The fraction of sp³-hybridized carbons (Fsp3) is 0.364. The summed E-state index contributed by atoms with van der Waals surface area (Å²) >= 11 is 0. The van der Waals surface area contributed by atoms with Gasteiger partial charge >= 0.3 is 0 Å². The molecule has 0 bridgehead atoms. The van der Waals surface area contributed by atoms with Gasteiger partial charge in [-0.15, -0.1) is 0 Å². The summed E-state index contributed by atoms with van der Waals surface area (Å²) in [5.41, 5.74) is 4.30. The molecular formula is C22H28N2O2. The Hall–Kier alpha value is -2.62. The largest absolute Gasteiger partial charge is 0.383 e. The molecule has 4 heteroatoms. The summed E-state index contributed by atoms with van der Waals surface area (Å²) in [7, 11) is 0. The van der Waals surface area contributed by atoms with Crippen molar-refractivity contribution in [1.82, 2.24) is 0 Å². The van der Waals surface area contributed by atoms with E-state index < -0.39 is 6.10 Å². The van der Waals surface area contributed by atoms with Crippen molar-refractivity contribution < 1.29 is 9.63 Å². The van der Waals surface area contributed by atoms with Crippen molar-refractivity contribution in [3.05, 3.63) is 65.2 Å². The van der Waals surface area contributed by atoms with E-state index in [9.17, 15) is 4.79 Å². The van der Waals surface area contributed by atoms with E-state index >= 15 is 0 Å². The molecule has 0 heterocycles. The molecule has 2 rings (SSSR count). The number of carbonyl (C=O) groups is 1. The van der Waals surface area contributed by atoms with Crippen LogP contribution in [0.15, 0.2) is 53.7 Å². The fourth-order valence-corrected chi connectivity index (χ4v) is 2.37. The Morgan fingerprint density at radius 3 is 2.27 bits per heavy atom. The molecule has 2 aromatic rings. The maximum atomic E-state index is 12.2. The number of rotatable bonds is 6. The minimum absolute atomic E-state index is 0.119. The van der Waals surface area contributed by atoms with Gasteiger partial charge in [0.1, 0.15) is 0 Å². The molecule has 0 unspecified atom stereocenters. The van der Waals surface area contributed by atoms with Crippen molar-refractivity contribution in [2.75, 3.05) is 5.32 Å². The number of nitrogens with one attached hydrogen (secondary N) is 1. The predicted molar refractivity (Wildman–Crippen MR) is 108 cm³/mol. The SMILES string of the molecule is CCc1ccc(NC(=O)[C@H](C)O/N=C\c2ccc(C(C)(C)C)cc2)cc1. The molecule has 0 aliphatic heterocycles. The Morgan fingerprint density at radius 1 is 1.12 bits per heavy atom. The number of amides is 1. The van der Waals surface area contributed by atoms with Gasteiger partial charge < -0.3 is 10.2 Å². The summed E-state index contributed by atoms with van der Waals surface area (Å²) in [6, 6.07) is 15.9. The molecule has 0 saturated heterocycles. The number of anilines is 1. The molecule has 1 amide bonds. The highest BCUT2D eigenvalue weighted by Gasteiger charge is 2.14. The summed E-state index contributed by atoms with van der Waals surface area (Å²) < 4.78 is 0. The van der Waals surface area contributed by atoms with Crippen molar-refractivity contribution in [2.24, 2.45) is 5.16 Å². The van der Waals surface area contributed by atoms with E-state index in [-0.39, 0.29) is 11.3 Å². The van der Waals surface area contributed by atoms with Crippen molar-refractivity contribution in [3.8, 4) is 0 Å². The lowest BCUT2D eigenvalue weighted by molar-refractivity contribution is -0.126. The second-order valence-electron chi connectivity index (χ2n) is 7.39. The average Bonchev–Trinajstić information content (AvgIpc) is 2.62. The molecule has 0 saturated carbocycles. The van der Waals surface area contributed by atoms with Crippen LogP contribution in [0.3, 0.4) is 0 Å². The second kappa shape index (κ2) is 8.65. The van der Waals surface area contributed by atoms with Gasteiger partial charge in [-0.05, 0) is 47.6 Å². The van der Waals surface area contributed by atoms with Gasteiger partial charge in [0.05, 0.1) is 6.21 Å². The number of nitrogens with zero attached hydrogens (tertiary/aromatic N) is 1. The van der Waals surface area contributed by atoms with Crippen molar-refractivity contribution in [1.29, 1.82) is 0 Å². The fourth-order valence-electron chi connectivity index (χ4n) is 2.37. The molecule has 0 aromatic heterocycles. The first-order valence-electron chi connectivity index (χ1n) is 8.99. The number of oxime groups is 1. The zero-order valence-electron chi connectivity index (χ0n) is 16.2. The Labute approximate surface area is 156 Å². The highest BCUT2D eigenvalue weighted by molar-refractivity contribution is 5.94. The molecule has 0 aliphatic carbocycles. The number of carbonyl (C=O) groups excluding carboxylic acids is 1. The molecule has 1 atom stereocenters. The number of hydrogen-bond acceptors (Lipinski definition) is 3. The first-order chi connectivity index (χ1) is 12.3. The van der Waals surface area contributed by atoms with Gasteiger partial charge in [-0.25, -0.2) is 0 Å². The molecule has 26 heavy (non-hydrogen) atoms. The van der Waals surface area contributed by atoms with E-state index in [0.29, 0.717) is 0 Å². The van der Waals surface area contributed by atoms with Gasteiger partial charge in [0, 0.05) is 5.69 Å². The highest BCUT2D eigenvalue weighted by atomic mass is 16.6. The Balaban J connectivity index is 1.87. The van der Waals surface area contributed by atoms with E-state index in [1.165, 1.54) is 11.1 Å². The van der Waals surface area contributed by atoms with Crippen LogP contribution in [0.2, 0.25) is 0 Å². The van der Waals surface area contributed by atoms with Gasteiger partial charge in [-0.3, -0.25) is 4.79 Å². The van der Waals surface area contributed by atoms with E-state index in [1.54, 1.807) is 13.1 Å². The molecule has 0 spiro atoms. The summed E-state index contributed by atoms with van der Waals surface area (Å²) in [5.74, 6) is -0.227. The van der Waals surface area contributed by atoms with Crippen molar-refractivity contribution >= 4 is 17.8 Å². The summed E-state index contributed by atoms with van der Waals surface area (Å²) in [6.07, 6.45) is 1.91. The minimum Gasteiger partial charge on any atom is -0.383 e. The van der Waals surface area contributed by atoms with Crippen LogP contribution in [0.1, 0.15) is 51.3 Å². The number of aryl methyl sites for hydroxylation is 1. The first kappa shape index (κ1) is 19.7. The third-order valence-corrected chi connectivity index (χ3v) is 4.20. The van der Waals surface area contributed by atoms with E-state index in [0.717, 1.165) is 17.7 Å².